The van der Waals surface area contributed by atoms with Crippen molar-refractivity contribution in [2.45, 2.75) is 0 Å². The quantitative estimate of drug-likeness (QED) is 0.219. The summed E-state index contributed by atoms with van der Waals surface area (Å²) < 4.78 is 8.52. The molecule has 42 heavy (non-hydrogen) atoms. The van der Waals surface area contributed by atoms with Crippen LogP contribution in [0.15, 0.2) is 156 Å². The number of fused-ring (bicyclic) bond motifs is 3. The number of hydrogen-bond acceptors (Lipinski definition) is 3. The van der Waals surface area contributed by atoms with Crippen molar-refractivity contribution in [3.05, 3.63) is 152 Å². The number of benzene rings is 6. The minimum absolute atomic E-state index is 0.501. The molecule has 0 unspecified atom stereocenters. The fourth-order valence-electron chi connectivity index (χ4n) is 5.80. The number of aromatic nitrogens is 3. The molecule has 0 atom stereocenters. The smallest absolute Gasteiger partial charge is 0.248 e. The van der Waals surface area contributed by atoms with E-state index in [0.29, 0.717) is 11.8 Å². The van der Waals surface area contributed by atoms with E-state index in [1.54, 1.807) is 0 Å². The topological polar surface area (TPSA) is 43.9 Å². The molecule has 0 amide bonds. The van der Waals surface area contributed by atoms with Crippen molar-refractivity contribution in [2.24, 2.45) is 0 Å². The summed E-state index contributed by atoms with van der Waals surface area (Å²) in [5.74, 6) is 1.01. The molecule has 0 N–H and O–H groups in total. The molecular weight excluding hydrogens is 514 g/mol. The van der Waals surface area contributed by atoms with Gasteiger partial charge in [0.2, 0.25) is 11.8 Å². The van der Waals surface area contributed by atoms with Crippen LogP contribution in [0.3, 0.4) is 0 Å². The highest BCUT2D eigenvalue weighted by molar-refractivity contribution is 6.10. The molecule has 6 aromatic carbocycles. The third-order valence-corrected chi connectivity index (χ3v) is 7.82. The van der Waals surface area contributed by atoms with E-state index in [0.717, 1.165) is 39.1 Å². The molecule has 2 aromatic heterocycles. The zero-order chi connectivity index (χ0) is 27.9. The van der Waals surface area contributed by atoms with Crippen molar-refractivity contribution in [1.29, 1.82) is 0 Å². The van der Waals surface area contributed by atoms with E-state index in [1.165, 1.54) is 21.8 Å². The predicted molar refractivity (Wildman–Crippen MR) is 170 cm³/mol. The van der Waals surface area contributed by atoms with Gasteiger partial charge in [-0.2, -0.15) is 0 Å². The summed E-state index contributed by atoms with van der Waals surface area (Å²) in [7, 11) is 0. The molecule has 0 saturated carbocycles. The SMILES string of the molecule is c1ccc(-c2ccccc2-c2nnc(-c3ccc(-c4ccc5c(c4)c4ccccc4n5-c4ccccc4)cc3)o2)cc1. The van der Waals surface area contributed by atoms with Gasteiger partial charge in [-0.15, -0.1) is 10.2 Å². The fourth-order valence-corrected chi connectivity index (χ4v) is 5.80. The van der Waals surface area contributed by atoms with Gasteiger partial charge < -0.3 is 8.98 Å². The number of nitrogens with zero attached hydrogens (tertiary/aromatic N) is 3. The molecule has 0 aliphatic rings. The van der Waals surface area contributed by atoms with E-state index >= 15 is 0 Å². The summed E-state index contributed by atoms with van der Waals surface area (Å²) in [6.07, 6.45) is 0. The molecule has 0 radical (unpaired) electrons. The largest absolute Gasteiger partial charge is 0.416 e. The van der Waals surface area contributed by atoms with Gasteiger partial charge in [0.1, 0.15) is 0 Å². The Morgan fingerprint density at radius 1 is 0.405 bits per heavy atom. The summed E-state index contributed by atoms with van der Waals surface area (Å²) in [6, 6.07) is 52.6. The number of rotatable bonds is 5. The minimum Gasteiger partial charge on any atom is -0.416 e. The van der Waals surface area contributed by atoms with Gasteiger partial charge in [0.05, 0.1) is 11.0 Å². The van der Waals surface area contributed by atoms with E-state index in [9.17, 15) is 0 Å². The lowest BCUT2D eigenvalue weighted by Crippen LogP contribution is -1.92. The van der Waals surface area contributed by atoms with Crippen LogP contribution in [0.1, 0.15) is 0 Å². The molecule has 198 valence electrons. The first kappa shape index (κ1) is 24.1. The molecule has 0 aliphatic heterocycles. The third kappa shape index (κ3) is 4.09. The number of hydrogen-bond donors (Lipinski definition) is 0. The molecule has 0 spiro atoms. The van der Waals surface area contributed by atoms with E-state index in [1.807, 2.05) is 48.5 Å². The van der Waals surface area contributed by atoms with Crippen molar-refractivity contribution in [3.63, 3.8) is 0 Å². The van der Waals surface area contributed by atoms with Gasteiger partial charge >= 0.3 is 0 Å². The summed E-state index contributed by atoms with van der Waals surface area (Å²) in [5.41, 5.74) is 9.82. The Morgan fingerprint density at radius 3 is 1.81 bits per heavy atom. The van der Waals surface area contributed by atoms with Crippen molar-refractivity contribution in [3.8, 4) is 50.8 Å². The average Bonchev–Trinajstić information content (AvgIpc) is 3.69. The number of para-hydroxylation sites is 2. The van der Waals surface area contributed by atoms with E-state index in [4.69, 9.17) is 4.42 Å². The highest BCUT2D eigenvalue weighted by Gasteiger charge is 2.16. The van der Waals surface area contributed by atoms with Gasteiger partial charge in [0.25, 0.3) is 0 Å². The summed E-state index contributed by atoms with van der Waals surface area (Å²) in [6.45, 7) is 0. The monoisotopic (exact) mass is 539 g/mol. The Morgan fingerprint density at radius 2 is 1.00 bits per heavy atom. The predicted octanol–water partition coefficient (Wildman–Crippen LogP) is 9.83. The molecular formula is C38H25N3O. The van der Waals surface area contributed by atoms with E-state index in [2.05, 4.69) is 118 Å². The second kappa shape index (κ2) is 10.0. The van der Waals surface area contributed by atoms with Crippen LogP contribution in [0.4, 0.5) is 0 Å². The van der Waals surface area contributed by atoms with Gasteiger partial charge in [-0.1, -0.05) is 103 Å². The highest BCUT2D eigenvalue weighted by atomic mass is 16.4. The maximum atomic E-state index is 6.19. The molecule has 0 saturated heterocycles. The molecule has 8 rings (SSSR count). The Labute approximate surface area is 243 Å². The second-order valence-electron chi connectivity index (χ2n) is 10.3. The summed E-state index contributed by atoms with van der Waals surface area (Å²) in [4.78, 5) is 0. The van der Waals surface area contributed by atoms with E-state index < -0.39 is 0 Å². The highest BCUT2D eigenvalue weighted by Crippen LogP contribution is 2.36. The first-order valence-corrected chi connectivity index (χ1v) is 14.0. The van der Waals surface area contributed by atoms with Crippen molar-refractivity contribution in [1.82, 2.24) is 14.8 Å². The average molecular weight is 540 g/mol. The normalized spacial score (nSPS) is 11.3. The molecule has 0 fully saturated rings. The maximum Gasteiger partial charge on any atom is 0.248 e. The zero-order valence-corrected chi connectivity index (χ0v) is 22.7. The Hall–Kier alpha value is -5.74. The summed E-state index contributed by atoms with van der Waals surface area (Å²) >= 11 is 0. The third-order valence-electron chi connectivity index (χ3n) is 7.82. The van der Waals surface area contributed by atoms with Crippen LogP contribution in [-0.2, 0) is 0 Å². The molecule has 0 bridgehead atoms. The maximum absolute atomic E-state index is 6.19. The van der Waals surface area contributed by atoms with Crippen LogP contribution in [0.2, 0.25) is 0 Å². The van der Waals surface area contributed by atoms with Gasteiger partial charge in [-0.3, -0.25) is 0 Å². The second-order valence-corrected chi connectivity index (χ2v) is 10.3. The minimum atomic E-state index is 0.501. The van der Waals surface area contributed by atoms with Crippen molar-refractivity contribution in [2.75, 3.05) is 0 Å². The lowest BCUT2D eigenvalue weighted by Gasteiger charge is -2.08. The van der Waals surface area contributed by atoms with Gasteiger partial charge in [0, 0.05) is 27.6 Å². The summed E-state index contributed by atoms with van der Waals surface area (Å²) in [5, 5.41) is 11.3. The molecule has 4 heteroatoms. The zero-order valence-electron chi connectivity index (χ0n) is 22.7. The lowest BCUT2D eigenvalue weighted by molar-refractivity contribution is 0.585. The molecule has 0 aliphatic carbocycles. The Balaban J connectivity index is 1.14. The first-order valence-electron chi connectivity index (χ1n) is 14.0. The van der Waals surface area contributed by atoms with Crippen LogP contribution in [0, 0.1) is 0 Å². The van der Waals surface area contributed by atoms with Gasteiger partial charge in [-0.05, 0) is 70.8 Å². The van der Waals surface area contributed by atoms with Crippen LogP contribution < -0.4 is 0 Å². The van der Waals surface area contributed by atoms with Gasteiger partial charge in [-0.25, -0.2) is 0 Å². The van der Waals surface area contributed by atoms with Crippen LogP contribution >= 0.6 is 0 Å². The Bertz CT molecular complexity index is 2180. The molecule has 2 heterocycles. The van der Waals surface area contributed by atoms with E-state index in [-0.39, 0.29) is 0 Å². The van der Waals surface area contributed by atoms with Crippen molar-refractivity contribution >= 4 is 21.8 Å². The van der Waals surface area contributed by atoms with Crippen molar-refractivity contribution < 1.29 is 4.42 Å². The van der Waals surface area contributed by atoms with Gasteiger partial charge in [0.15, 0.2) is 0 Å². The molecule has 4 nitrogen and oxygen atoms in total. The Kier molecular flexibility index (Phi) is 5.75. The van der Waals surface area contributed by atoms with Crippen LogP contribution in [0.5, 0.6) is 0 Å². The molecule has 8 aromatic rings. The fraction of sp³-hybridized carbons (Fsp3) is 0. The van der Waals surface area contributed by atoms with Crippen LogP contribution in [-0.4, -0.2) is 14.8 Å². The lowest BCUT2D eigenvalue weighted by atomic mass is 10.00. The standard InChI is InChI=1S/C38H25N3O/c1-3-11-27(12-4-1)31-15-7-8-17-33(31)38-40-39-37(42-38)28-21-19-26(20-22-28)29-23-24-36-34(25-29)32-16-9-10-18-35(32)41(36)30-13-5-2-6-14-30/h1-25H. The van der Waals surface area contributed by atoms with Crippen LogP contribution in [0.25, 0.3) is 72.7 Å². The first-order chi connectivity index (χ1) is 20.8.